The summed E-state index contributed by atoms with van der Waals surface area (Å²) in [4.78, 5) is 13.7. The largest absolute Gasteiger partial charge is 0.395 e. The van der Waals surface area contributed by atoms with Gasteiger partial charge < -0.3 is 15.5 Å². The molecule has 2 atom stereocenters. The minimum absolute atomic E-state index is 0.0460. The first kappa shape index (κ1) is 16.0. The second-order valence-electron chi connectivity index (χ2n) is 5.33. The predicted octanol–water partition coefficient (Wildman–Crippen LogP) is 1.82. The summed E-state index contributed by atoms with van der Waals surface area (Å²) >= 11 is 1.36. The molecule has 1 heterocycles. The summed E-state index contributed by atoms with van der Waals surface area (Å²) in [5, 5.41) is 21.6. The number of rotatable bonds is 3. The molecule has 0 bridgehead atoms. The molecule has 0 saturated heterocycles. The van der Waals surface area contributed by atoms with Gasteiger partial charge in [0.15, 0.2) is 0 Å². The summed E-state index contributed by atoms with van der Waals surface area (Å²) in [5.41, 5.74) is 0.972. The molecule has 4 nitrogen and oxygen atoms in total. The van der Waals surface area contributed by atoms with Crippen molar-refractivity contribution in [2.75, 3.05) is 6.61 Å². The number of carbonyl (C=O) groups is 1. The highest BCUT2D eigenvalue weighted by atomic mass is 32.1. The lowest BCUT2D eigenvalue weighted by atomic mass is 9.92. The molecule has 0 spiro atoms. The van der Waals surface area contributed by atoms with Crippen LogP contribution in [0.15, 0.2) is 6.07 Å². The monoisotopic (exact) mass is 307 g/mol. The van der Waals surface area contributed by atoms with E-state index in [0.717, 1.165) is 36.1 Å². The number of hydrogen-bond donors (Lipinski definition) is 3. The number of hydrogen-bond acceptors (Lipinski definition) is 4. The van der Waals surface area contributed by atoms with Crippen LogP contribution in [0.4, 0.5) is 0 Å². The second kappa shape index (κ2) is 7.60. The van der Waals surface area contributed by atoms with Crippen molar-refractivity contribution >= 4 is 17.2 Å². The highest BCUT2D eigenvalue weighted by Gasteiger charge is 2.25. The molecule has 1 aromatic heterocycles. The Bertz CT molecular complexity index is 556. The van der Waals surface area contributed by atoms with Crippen molar-refractivity contribution in [1.82, 2.24) is 5.32 Å². The highest BCUT2D eigenvalue weighted by Crippen LogP contribution is 2.23. The van der Waals surface area contributed by atoms with E-state index in [0.29, 0.717) is 11.3 Å². The van der Waals surface area contributed by atoms with Gasteiger partial charge in [-0.15, -0.1) is 11.3 Å². The summed E-state index contributed by atoms with van der Waals surface area (Å²) in [5.74, 6) is 5.72. The van der Waals surface area contributed by atoms with E-state index in [2.05, 4.69) is 17.2 Å². The maximum absolute atomic E-state index is 12.3. The third-order valence-electron chi connectivity index (χ3n) is 3.63. The van der Waals surface area contributed by atoms with Crippen LogP contribution in [0.5, 0.6) is 0 Å². The molecule has 1 saturated carbocycles. The molecule has 1 fully saturated rings. The van der Waals surface area contributed by atoms with Gasteiger partial charge in [0, 0.05) is 6.42 Å². The molecule has 114 valence electrons. The molecule has 1 aromatic rings. The van der Waals surface area contributed by atoms with E-state index in [9.17, 15) is 9.90 Å². The van der Waals surface area contributed by atoms with Gasteiger partial charge in [-0.2, -0.15) is 0 Å². The van der Waals surface area contributed by atoms with E-state index < -0.39 is 6.10 Å². The van der Waals surface area contributed by atoms with Crippen molar-refractivity contribution in [3.05, 3.63) is 21.4 Å². The zero-order chi connectivity index (χ0) is 15.2. The third-order valence-corrected chi connectivity index (χ3v) is 4.78. The topological polar surface area (TPSA) is 69.6 Å². The third kappa shape index (κ3) is 4.31. The van der Waals surface area contributed by atoms with E-state index in [-0.39, 0.29) is 18.6 Å². The average molecular weight is 307 g/mol. The van der Waals surface area contributed by atoms with E-state index in [1.54, 1.807) is 0 Å². The molecule has 5 heteroatoms. The number of nitrogens with one attached hydrogen (secondary N) is 1. The van der Waals surface area contributed by atoms with Crippen molar-refractivity contribution in [3.8, 4) is 11.8 Å². The van der Waals surface area contributed by atoms with Gasteiger partial charge in [0.1, 0.15) is 0 Å². The van der Waals surface area contributed by atoms with Crippen molar-refractivity contribution in [1.29, 1.82) is 0 Å². The lowest BCUT2D eigenvalue weighted by Gasteiger charge is -2.28. The first-order valence-electron chi connectivity index (χ1n) is 7.31. The molecule has 0 aromatic carbocycles. The fraction of sp³-hybridized carbons (Fsp3) is 0.562. The predicted molar refractivity (Wildman–Crippen MR) is 83.4 cm³/mol. The smallest absolute Gasteiger partial charge is 0.261 e. The van der Waals surface area contributed by atoms with E-state index in [4.69, 9.17) is 5.11 Å². The number of aryl methyl sites for hydroxylation is 1. The number of amides is 1. The minimum atomic E-state index is -0.437. The maximum Gasteiger partial charge on any atom is 0.261 e. The number of carbonyl (C=O) groups excluding carboxylic acids is 1. The van der Waals surface area contributed by atoms with Crippen LogP contribution in [-0.4, -0.2) is 34.9 Å². The molecule has 2 unspecified atom stereocenters. The molecule has 21 heavy (non-hydrogen) atoms. The Labute approximate surface area is 129 Å². The summed E-state index contributed by atoms with van der Waals surface area (Å²) in [6.07, 6.45) is 3.66. The van der Waals surface area contributed by atoms with Crippen LogP contribution in [0.25, 0.3) is 0 Å². The Hall–Kier alpha value is -1.35. The normalized spacial score (nSPS) is 21.5. The molecule has 1 aliphatic rings. The molecular weight excluding hydrogens is 286 g/mol. The Kier molecular flexibility index (Phi) is 5.80. The lowest BCUT2D eigenvalue weighted by molar-refractivity contribution is 0.0720. The van der Waals surface area contributed by atoms with Gasteiger partial charge >= 0.3 is 0 Å². The fourth-order valence-electron chi connectivity index (χ4n) is 2.44. The zero-order valence-electron chi connectivity index (χ0n) is 12.2. The minimum Gasteiger partial charge on any atom is -0.395 e. The van der Waals surface area contributed by atoms with Gasteiger partial charge in [0.2, 0.25) is 0 Å². The van der Waals surface area contributed by atoms with Crippen molar-refractivity contribution < 1.29 is 15.0 Å². The lowest BCUT2D eigenvalue weighted by Crippen LogP contribution is -2.44. The highest BCUT2D eigenvalue weighted by molar-refractivity contribution is 7.14. The molecule has 2 rings (SSSR count). The van der Waals surface area contributed by atoms with Crippen molar-refractivity contribution in [3.63, 3.8) is 0 Å². The van der Waals surface area contributed by atoms with Crippen LogP contribution in [0, 0.1) is 18.8 Å². The van der Waals surface area contributed by atoms with Crippen LogP contribution in [0.3, 0.4) is 0 Å². The summed E-state index contributed by atoms with van der Waals surface area (Å²) in [6.45, 7) is 1.97. The fourth-order valence-corrected chi connectivity index (χ4v) is 3.39. The SMILES string of the molecule is Cc1cc(C(=O)NC2CCCCC2O)sc1C#CCCO. The van der Waals surface area contributed by atoms with Gasteiger partial charge in [0.05, 0.1) is 28.5 Å². The molecule has 3 N–H and O–H groups in total. The second-order valence-corrected chi connectivity index (χ2v) is 6.38. The van der Waals surface area contributed by atoms with Crippen LogP contribution >= 0.6 is 11.3 Å². The Morgan fingerprint density at radius 3 is 2.95 bits per heavy atom. The van der Waals surface area contributed by atoms with Gasteiger partial charge in [-0.25, -0.2) is 0 Å². The van der Waals surface area contributed by atoms with Gasteiger partial charge in [0.25, 0.3) is 5.91 Å². The number of thiophene rings is 1. The van der Waals surface area contributed by atoms with Crippen LogP contribution in [0.1, 0.15) is 52.2 Å². The Balaban J connectivity index is 2.03. The van der Waals surface area contributed by atoms with E-state index in [1.165, 1.54) is 11.3 Å². The quantitative estimate of drug-likeness (QED) is 0.746. The zero-order valence-corrected chi connectivity index (χ0v) is 13.0. The first-order valence-corrected chi connectivity index (χ1v) is 8.12. The van der Waals surface area contributed by atoms with Crippen LogP contribution < -0.4 is 5.32 Å². The molecular formula is C16H21NO3S. The van der Waals surface area contributed by atoms with Crippen molar-refractivity contribution in [2.45, 2.75) is 51.2 Å². The molecule has 0 radical (unpaired) electrons. The average Bonchev–Trinajstić information content (AvgIpc) is 2.83. The van der Waals surface area contributed by atoms with E-state index in [1.807, 2.05) is 13.0 Å². The van der Waals surface area contributed by atoms with Crippen LogP contribution in [0.2, 0.25) is 0 Å². The number of aliphatic hydroxyl groups is 2. The van der Waals surface area contributed by atoms with Gasteiger partial charge in [-0.3, -0.25) is 4.79 Å². The van der Waals surface area contributed by atoms with Crippen molar-refractivity contribution in [2.24, 2.45) is 0 Å². The summed E-state index contributed by atoms with van der Waals surface area (Å²) < 4.78 is 0. The number of aliphatic hydroxyl groups excluding tert-OH is 2. The standard InChI is InChI=1S/C16H21NO3S/c1-11-10-15(21-14(11)8-4-5-9-18)16(20)17-12-6-2-3-7-13(12)19/h10,12-13,18-19H,2-3,5-7,9H2,1H3,(H,17,20). The first-order chi connectivity index (χ1) is 10.1. The Morgan fingerprint density at radius 2 is 2.24 bits per heavy atom. The molecule has 1 amide bonds. The van der Waals surface area contributed by atoms with Gasteiger partial charge in [-0.1, -0.05) is 24.7 Å². The molecule has 0 aliphatic heterocycles. The van der Waals surface area contributed by atoms with E-state index >= 15 is 0 Å². The summed E-state index contributed by atoms with van der Waals surface area (Å²) in [7, 11) is 0. The van der Waals surface area contributed by atoms with Gasteiger partial charge in [-0.05, 0) is 31.4 Å². The molecule has 1 aliphatic carbocycles. The summed E-state index contributed by atoms with van der Waals surface area (Å²) in [6, 6.07) is 1.69. The van der Waals surface area contributed by atoms with Crippen LogP contribution in [-0.2, 0) is 0 Å². The Morgan fingerprint density at radius 1 is 1.48 bits per heavy atom. The maximum atomic E-state index is 12.3.